The Morgan fingerprint density at radius 2 is 2.00 bits per heavy atom. The van der Waals surface area contributed by atoms with Gasteiger partial charge < -0.3 is 16.0 Å². The third-order valence-electron chi connectivity index (χ3n) is 3.55. The van der Waals surface area contributed by atoms with Crippen LogP contribution in [0.25, 0.3) is 0 Å². The molecule has 1 saturated heterocycles. The molecule has 0 unspecified atom stereocenters. The van der Waals surface area contributed by atoms with Crippen LogP contribution in [0.15, 0.2) is 24.3 Å². The number of piperazine rings is 1. The predicted molar refractivity (Wildman–Crippen MR) is 78.2 cm³/mol. The van der Waals surface area contributed by atoms with Gasteiger partial charge in [0, 0.05) is 31.5 Å². The van der Waals surface area contributed by atoms with Gasteiger partial charge in [0.25, 0.3) is 0 Å². The number of carbonyl (C=O) groups excluding carboxylic acids is 2. The lowest BCUT2D eigenvalue weighted by Crippen LogP contribution is -2.55. The van der Waals surface area contributed by atoms with Crippen LogP contribution in [0.5, 0.6) is 0 Å². The highest BCUT2D eigenvalue weighted by molar-refractivity contribution is 5.93. The topological polar surface area (TPSA) is 78.7 Å². The van der Waals surface area contributed by atoms with E-state index in [2.05, 4.69) is 5.32 Å². The van der Waals surface area contributed by atoms with E-state index in [1.54, 1.807) is 36.2 Å². The molecule has 0 saturated carbocycles. The Labute approximate surface area is 118 Å². The van der Waals surface area contributed by atoms with Crippen LogP contribution in [-0.4, -0.2) is 54.3 Å². The lowest BCUT2D eigenvalue weighted by Gasteiger charge is -2.36. The largest absolute Gasteiger partial charge is 0.399 e. The summed E-state index contributed by atoms with van der Waals surface area (Å²) in [7, 11) is 1.78. The predicted octanol–water partition coefficient (Wildman–Crippen LogP) is 0.370. The molecular formula is C14H20N4O2. The van der Waals surface area contributed by atoms with Crippen LogP contribution in [0.4, 0.5) is 11.4 Å². The Kier molecular flexibility index (Phi) is 4.24. The van der Waals surface area contributed by atoms with Crippen molar-refractivity contribution in [3.63, 3.8) is 0 Å². The Bertz CT molecular complexity index is 500. The molecule has 108 valence electrons. The van der Waals surface area contributed by atoms with Crippen molar-refractivity contribution in [1.82, 2.24) is 9.80 Å². The second kappa shape index (κ2) is 5.92. The fourth-order valence-corrected chi connectivity index (χ4v) is 2.22. The number of carbonyl (C=O) groups is 2. The van der Waals surface area contributed by atoms with E-state index in [4.69, 9.17) is 5.73 Å². The summed E-state index contributed by atoms with van der Waals surface area (Å²) < 4.78 is 0. The molecule has 1 aromatic rings. The quantitative estimate of drug-likeness (QED) is 0.782. The molecule has 0 bridgehead atoms. The van der Waals surface area contributed by atoms with E-state index in [0.29, 0.717) is 24.5 Å². The van der Waals surface area contributed by atoms with E-state index in [0.717, 1.165) is 0 Å². The van der Waals surface area contributed by atoms with Crippen molar-refractivity contribution in [2.75, 3.05) is 37.7 Å². The summed E-state index contributed by atoms with van der Waals surface area (Å²) in [5, 5.41) is 2.80. The van der Waals surface area contributed by atoms with Crippen LogP contribution in [0.2, 0.25) is 0 Å². The van der Waals surface area contributed by atoms with Gasteiger partial charge in [0.1, 0.15) is 0 Å². The molecule has 2 amide bonds. The van der Waals surface area contributed by atoms with Crippen LogP contribution in [-0.2, 0) is 9.59 Å². The zero-order valence-corrected chi connectivity index (χ0v) is 11.8. The highest BCUT2D eigenvalue weighted by Gasteiger charge is 2.30. The van der Waals surface area contributed by atoms with Gasteiger partial charge in [-0.3, -0.25) is 14.5 Å². The van der Waals surface area contributed by atoms with E-state index in [1.807, 2.05) is 11.8 Å². The maximum absolute atomic E-state index is 12.0. The molecule has 1 heterocycles. The van der Waals surface area contributed by atoms with E-state index in [1.165, 1.54) is 0 Å². The molecule has 1 aliphatic heterocycles. The minimum absolute atomic E-state index is 0.0523. The average Bonchev–Trinajstić information content (AvgIpc) is 2.42. The van der Waals surface area contributed by atoms with Crippen molar-refractivity contribution in [2.45, 2.75) is 13.0 Å². The number of benzene rings is 1. The normalized spacial score (nSPS) is 20.0. The van der Waals surface area contributed by atoms with Gasteiger partial charge in [-0.05, 0) is 31.2 Å². The lowest BCUT2D eigenvalue weighted by molar-refractivity contribution is -0.140. The van der Waals surface area contributed by atoms with Gasteiger partial charge in [-0.15, -0.1) is 0 Å². The first kappa shape index (κ1) is 14.3. The molecule has 0 radical (unpaired) electrons. The third kappa shape index (κ3) is 3.27. The Morgan fingerprint density at radius 1 is 1.35 bits per heavy atom. The Morgan fingerprint density at radius 3 is 2.65 bits per heavy atom. The molecule has 0 aromatic heterocycles. The number of nitrogen functional groups attached to an aromatic ring is 1. The van der Waals surface area contributed by atoms with E-state index in [-0.39, 0.29) is 24.4 Å². The summed E-state index contributed by atoms with van der Waals surface area (Å²) in [6, 6.07) is 6.72. The molecular weight excluding hydrogens is 256 g/mol. The second-order valence-electron chi connectivity index (χ2n) is 5.08. The molecule has 0 spiro atoms. The van der Waals surface area contributed by atoms with Crippen LogP contribution >= 0.6 is 0 Å². The SMILES string of the molecule is C[C@@H]1C(=O)N(C)CCN1CC(=O)Nc1ccc(N)cc1. The van der Waals surface area contributed by atoms with Gasteiger partial charge in [-0.25, -0.2) is 0 Å². The summed E-state index contributed by atoms with van der Waals surface area (Å²) in [5.74, 6) is -0.0736. The summed E-state index contributed by atoms with van der Waals surface area (Å²) in [6.07, 6.45) is 0. The fourth-order valence-electron chi connectivity index (χ4n) is 2.22. The van der Waals surface area contributed by atoms with Crippen LogP contribution in [0, 0.1) is 0 Å². The molecule has 6 heteroatoms. The van der Waals surface area contributed by atoms with E-state index in [9.17, 15) is 9.59 Å². The minimum atomic E-state index is -0.258. The lowest BCUT2D eigenvalue weighted by atomic mass is 10.2. The number of anilines is 2. The smallest absolute Gasteiger partial charge is 0.239 e. The average molecular weight is 276 g/mol. The molecule has 6 nitrogen and oxygen atoms in total. The molecule has 2 rings (SSSR count). The highest BCUT2D eigenvalue weighted by atomic mass is 16.2. The number of likely N-dealkylation sites (N-methyl/N-ethyl adjacent to an activating group) is 1. The van der Waals surface area contributed by atoms with Crippen molar-refractivity contribution >= 4 is 23.2 Å². The number of nitrogens with one attached hydrogen (secondary N) is 1. The molecule has 3 N–H and O–H groups in total. The van der Waals surface area contributed by atoms with Gasteiger partial charge in [-0.2, -0.15) is 0 Å². The summed E-state index contributed by atoms with van der Waals surface area (Å²) in [6.45, 7) is 3.40. The first-order valence-electron chi connectivity index (χ1n) is 6.62. The number of nitrogens with zero attached hydrogens (tertiary/aromatic N) is 2. The third-order valence-corrected chi connectivity index (χ3v) is 3.55. The molecule has 1 fully saturated rings. The number of nitrogens with two attached hydrogens (primary N) is 1. The fraction of sp³-hybridized carbons (Fsp3) is 0.429. The van der Waals surface area contributed by atoms with Gasteiger partial charge in [-0.1, -0.05) is 0 Å². The maximum Gasteiger partial charge on any atom is 0.239 e. The molecule has 1 aromatic carbocycles. The van der Waals surface area contributed by atoms with Crippen molar-refractivity contribution < 1.29 is 9.59 Å². The summed E-state index contributed by atoms with van der Waals surface area (Å²) in [4.78, 5) is 27.4. The van der Waals surface area contributed by atoms with Crippen molar-refractivity contribution in [3.05, 3.63) is 24.3 Å². The maximum atomic E-state index is 12.0. The van der Waals surface area contributed by atoms with Gasteiger partial charge in [0.2, 0.25) is 11.8 Å². The van der Waals surface area contributed by atoms with E-state index >= 15 is 0 Å². The standard InChI is InChI=1S/C14H20N4O2/c1-10-14(20)17(2)7-8-18(10)9-13(19)16-12-5-3-11(15)4-6-12/h3-6,10H,7-9,15H2,1-2H3,(H,16,19)/t10-/m1/s1. The van der Waals surface area contributed by atoms with Crippen molar-refractivity contribution in [3.8, 4) is 0 Å². The monoisotopic (exact) mass is 276 g/mol. The van der Waals surface area contributed by atoms with Crippen LogP contribution in [0.3, 0.4) is 0 Å². The zero-order chi connectivity index (χ0) is 14.7. The zero-order valence-electron chi connectivity index (χ0n) is 11.8. The number of amides is 2. The van der Waals surface area contributed by atoms with Crippen LogP contribution < -0.4 is 11.1 Å². The molecule has 20 heavy (non-hydrogen) atoms. The van der Waals surface area contributed by atoms with Crippen molar-refractivity contribution in [1.29, 1.82) is 0 Å². The number of hydrogen-bond acceptors (Lipinski definition) is 4. The minimum Gasteiger partial charge on any atom is -0.399 e. The Balaban J connectivity index is 1.91. The number of rotatable bonds is 3. The van der Waals surface area contributed by atoms with E-state index < -0.39 is 0 Å². The van der Waals surface area contributed by atoms with Crippen molar-refractivity contribution in [2.24, 2.45) is 0 Å². The summed E-state index contributed by atoms with van der Waals surface area (Å²) >= 11 is 0. The second-order valence-corrected chi connectivity index (χ2v) is 5.08. The molecule has 1 atom stereocenters. The number of hydrogen-bond donors (Lipinski definition) is 2. The Hall–Kier alpha value is -2.08. The molecule has 1 aliphatic rings. The van der Waals surface area contributed by atoms with Gasteiger partial charge in [0.05, 0.1) is 12.6 Å². The summed E-state index contributed by atoms with van der Waals surface area (Å²) in [5.41, 5.74) is 6.95. The first-order chi connectivity index (χ1) is 9.47. The van der Waals surface area contributed by atoms with Gasteiger partial charge >= 0.3 is 0 Å². The highest BCUT2D eigenvalue weighted by Crippen LogP contribution is 2.12. The molecule has 0 aliphatic carbocycles. The van der Waals surface area contributed by atoms with Gasteiger partial charge in [0.15, 0.2) is 0 Å². The van der Waals surface area contributed by atoms with Crippen LogP contribution in [0.1, 0.15) is 6.92 Å². The first-order valence-corrected chi connectivity index (χ1v) is 6.62.